The second-order valence-electron chi connectivity index (χ2n) is 6.52. The van der Waals surface area contributed by atoms with Crippen LogP contribution in [0.3, 0.4) is 0 Å². The molecule has 2 N–H and O–H groups in total. The predicted molar refractivity (Wildman–Crippen MR) is 103 cm³/mol. The molecule has 1 saturated heterocycles. The van der Waals surface area contributed by atoms with E-state index in [9.17, 15) is 13.2 Å². The first-order chi connectivity index (χ1) is 14.8. The summed E-state index contributed by atoms with van der Waals surface area (Å²) in [5.41, 5.74) is 1.84. The summed E-state index contributed by atoms with van der Waals surface area (Å²) in [5, 5.41) is 10.4. The molecule has 2 aliphatic rings. The second-order valence-corrected chi connectivity index (χ2v) is 6.52. The van der Waals surface area contributed by atoms with Crippen LogP contribution in [0, 0.1) is 0 Å². The molecule has 4 rings (SSSR count). The Kier molecular flexibility index (Phi) is 7.47. The Bertz CT molecular complexity index is 891. The Labute approximate surface area is 175 Å². The monoisotopic (exact) mass is 442 g/mol. The van der Waals surface area contributed by atoms with E-state index in [1.165, 1.54) is 0 Å². The lowest BCUT2D eigenvalue weighted by atomic mass is 10.1. The highest BCUT2D eigenvalue weighted by atomic mass is 19.4. The normalized spacial score (nSPS) is 15.7. The molecule has 0 aliphatic carbocycles. The lowest BCUT2D eigenvalue weighted by Crippen LogP contribution is -2.39. The molecule has 0 radical (unpaired) electrons. The number of ether oxygens (including phenoxy) is 3. The van der Waals surface area contributed by atoms with Crippen LogP contribution in [0.4, 0.5) is 19.1 Å². The minimum atomic E-state index is -5.08. The van der Waals surface area contributed by atoms with E-state index in [2.05, 4.69) is 20.2 Å². The number of aromatic nitrogens is 2. The van der Waals surface area contributed by atoms with E-state index in [4.69, 9.17) is 24.1 Å². The molecule has 31 heavy (non-hydrogen) atoms. The minimum absolute atomic E-state index is 0.275. The standard InChI is InChI=1S/C17H20N4O3.C2HF3O2/c1-2-15-16(24-12-23-15)11-13(1)14-3-4-18-17(20-14)19-5-6-21-7-9-22-10-8-21;3-2(4,5)1(6)7/h1-4,11H,5-10,12H2,(H,18,19,20);(H,6,7). The smallest absolute Gasteiger partial charge is 0.475 e. The number of aliphatic carboxylic acids is 1. The summed E-state index contributed by atoms with van der Waals surface area (Å²) in [6.07, 6.45) is -3.32. The Morgan fingerprint density at radius 2 is 1.87 bits per heavy atom. The zero-order valence-electron chi connectivity index (χ0n) is 16.4. The fraction of sp³-hybridized carbons (Fsp3) is 0.421. The summed E-state index contributed by atoms with van der Waals surface area (Å²) in [6.45, 7) is 5.65. The highest BCUT2D eigenvalue weighted by Crippen LogP contribution is 2.35. The predicted octanol–water partition coefficient (Wildman–Crippen LogP) is 2.25. The van der Waals surface area contributed by atoms with Crippen molar-refractivity contribution in [3.63, 3.8) is 0 Å². The number of nitrogens with one attached hydrogen (secondary N) is 1. The fourth-order valence-corrected chi connectivity index (χ4v) is 2.81. The highest BCUT2D eigenvalue weighted by molar-refractivity contribution is 5.73. The Morgan fingerprint density at radius 3 is 2.58 bits per heavy atom. The number of fused-ring (bicyclic) bond motifs is 1. The first-order valence-corrected chi connectivity index (χ1v) is 9.40. The molecule has 2 aromatic rings. The Morgan fingerprint density at radius 1 is 1.16 bits per heavy atom. The van der Waals surface area contributed by atoms with Crippen LogP contribution in [-0.4, -0.2) is 78.3 Å². The van der Waals surface area contributed by atoms with Gasteiger partial charge in [-0.2, -0.15) is 13.2 Å². The van der Waals surface area contributed by atoms with Crippen LogP contribution in [0.1, 0.15) is 0 Å². The molecule has 1 aromatic heterocycles. The second kappa shape index (κ2) is 10.3. The average Bonchev–Trinajstić information content (AvgIpc) is 3.22. The molecule has 1 aromatic carbocycles. The molecule has 0 atom stereocenters. The molecule has 0 spiro atoms. The van der Waals surface area contributed by atoms with Gasteiger partial charge >= 0.3 is 12.1 Å². The number of carbonyl (C=O) groups is 1. The Hall–Kier alpha value is -3.12. The van der Waals surface area contributed by atoms with Gasteiger partial charge in [-0.15, -0.1) is 0 Å². The van der Waals surface area contributed by atoms with Crippen molar-refractivity contribution < 1.29 is 37.3 Å². The van der Waals surface area contributed by atoms with E-state index in [0.29, 0.717) is 5.95 Å². The molecule has 1 fully saturated rings. The first kappa shape index (κ1) is 22.6. The largest absolute Gasteiger partial charge is 0.490 e. The van der Waals surface area contributed by atoms with Crippen LogP contribution in [0.5, 0.6) is 11.5 Å². The summed E-state index contributed by atoms with van der Waals surface area (Å²) >= 11 is 0. The number of benzene rings is 1. The number of morpholine rings is 1. The van der Waals surface area contributed by atoms with Gasteiger partial charge in [0.15, 0.2) is 11.5 Å². The molecule has 0 amide bonds. The molecule has 168 valence electrons. The van der Waals surface area contributed by atoms with Crippen molar-refractivity contribution in [2.75, 3.05) is 51.5 Å². The first-order valence-electron chi connectivity index (χ1n) is 9.40. The zero-order chi connectivity index (χ0) is 22.3. The maximum atomic E-state index is 10.6. The lowest BCUT2D eigenvalue weighted by Gasteiger charge is -2.26. The van der Waals surface area contributed by atoms with Gasteiger partial charge in [-0.05, 0) is 24.3 Å². The number of hydrogen-bond donors (Lipinski definition) is 2. The Balaban J connectivity index is 0.000000339. The van der Waals surface area contributed by atoms with Crippen LogP contribution >= 0.6 is 0 Å². The van der Waals surface area contributed by atoms with Crippen LogP contribution in [0.2, 0.25) is 0 Å². The summed E-state index contributed by atoms with van der Waals surface area (Å²) in [7, 11) is 0. The van der Waals surface area contributed by atoms with Gasteiger partial charge in [-0.3, -0.25) is 4.90 Å². The van der Waals surface area contributed by atoms with Gasteiger partial charge < -0.3 is 24.6 Å². The van der Waals surface area contributed by atoms with Crippen LogP contribution in [-0.2, 0) is 9.53 Å². The molecule has 9 nitrogen and oxygen atoms in total. The molecule has 0 saturated carbocycles. The number of alkyl halides is 3. The van der Waals surface area contributed by atoms with E-state index in [1.807, 2.05) is 24.3 Å². The van der Waals surface area contributed by atoms with Crippen molar-refractivity contribution in [3.8, 4) is 22.8 Å². The summed E-state index contributed by atoms with van der Waals surface area (Å²) in [6, 6.07) is 7.73. The molecule has 0 unspecified atom stereocenters. The number of nitrogens with zero attached hydrogens (tertiary/aromatic N) is 3. The van der Waals surface area contributed by atoms with Gasteiger partial charge in [0, 0.05) is 37.9 Å². The lowest BCUT2D eigenvalue weighted by molar-refractivity contribution is -0.192. The summed E-state index contributed by atoms with van der Waals surface area (Å²) in [4.78, 5) is 20.2. The number of rotatable bonds is 5. The topological polar surface area (TPSA) is 106 Å². The van der Waals surface area contributed by atoms with Crippen LogP contribution in [0.15, 0.2) is 30.5 Å². The van der Waals surface area contributed by atoms with Crippen molar-refractivity contribution in [2.24, 2.45) is 0 Å². The number of carboxylic acids is 1. The number of carboxylic acid groups (broad SMARTS) is 1. The van der Waals surface area contributed by atoms with E-state index < -0.39 is 12.1 Å². The fourth-order valence-electron chi connectivity index (χ4n) is 2.81. The van der Waals surface area contributed by atoms with Gasteiger partial charge in [0.1, 0.15) is 0 Å². The number of halogens is 3. The van der Waals surface area contributed by atoms with Gasteiger partial charge in [-0.1, -0.05) is 0 Å². The quantitative estimate of drug-likeness (QED) is 0.721. The van der Waals surface area contributed by atoms with E-state index in [1.54, 1.807) is 6.20 Å². The zero-order valence-corrected chi connectivity index (χ0v) is 16.4. The average molecular weight is 442 g/mol. The third-order valence-electron chi connectivity index (χ3n) is 4.38. The van der Waals surface area contributed by atoms with Gasteiger partial charge in [0.05, 0.1) is 18.9 Å². The third kappa shape index (κ3) is 6.69. The van der Waals surface area contributed by atoms with E-state index >= 15 is 0 Å². The van der Waals surface area contributed by atoms with E-state index in [-0.39, 0.29) is 6.79 Å². The highest BCUT2D eigenvalue weighted by Gasteiger charge is 2.38. The molecular weight excluding hydrogens is 421 g/mol. The van der Waals surface area contributed by atoms with Gasteiger partial charge in [0.25, 0.3) is 0 Å². The minimum Gasteiger partial charge on any atom is -0.475 e. The van der Waals surface area contributed by atoms with Crippen LogP contribution in [0.25, 0.3) is 11.3 Å². The van der Waals surface area contributed by atoms with Crippen molar-refractivity contribution in [1.82, 2.24) is 14.9 Å². The van der Waals surface area contributed by atoms with Gasteiger partial charge in [-0.25, -0.2) is 14.8 Å². The van der Waals surface area contributed by atoms with E-state index in [0.717, 1.165) is 62.1 Å². The molecule has 2 aliphatic heterocycles. The maximum absolute atomic E-state index is 10.6. The maximum Gasteiger partial charge on any atom is 0.490 e. The van der Waals surface area contributed by atoms with Crippen molar-refractivity contribution >= 4 is 11.9 Å². The number of anilines is 1. The molecule has 3 heterocycles. The van der Waals surface area contributed by atoms with Crippen molar-refractivity contribution in [3.05, 3.63) is 30.5 Å². The summed E-state index contributed by atoms with van der Waals surface area (Å²) in [5.74, 6) is -0.587. The number of hydrogen-bond acceptors (Lipinski definition) is 8. The molecular formula is C19H21F3N4O5. The SMILES string of the molecule is O=C(O)C(F)(F)F.c1cc(-c2ccc3c(c2)OCO3)nc(NCCN2CCOCC2)n1. The van der Waals surface area contributed by atoms with Crippen molar-refractivity contribution in [1.29, 1.82) is 0 Å². The van der Waals surface area contributed by atoms with Gasteiger partial charge in [0.2, 0.25) is 12.7 Å². The molecule has 0 bridgehead atoms. The molecule has 12 heteroatoms. The van der Waals surface area contributed by atoms with Crippen LogP contribution < -0.4 is 14.8 Å². The third-order valence-corrected chi connectivity index (χ3v) is 4.38. The summed E-state index contributed by atoms with van der Waals surface area (Å²) < 4.78 is 47.9. The van der Waals surface area contributed by atoms with Crippen molar-refractivity contribution in [2.45, 2.75) is 6.18 Å².